The molecule has 0 radical (unpaired) electrons. The normalized spacial score (nSPS) is 10.6. The smallest absolute Gasteiger partial charge is 0.239 e. The van der Waals surface area contributed by atoms with Crippen molar-refractivity contribution in [3.63, 3.8) is 0 Å². The van der Waals surface area contributed by atoms with Crippen LogP contribution in [-0.4, -0.2) is 9.97 Å². The summed E-state index contributed by atoms with van der Waals surface area (Å²) in [5.74, 6) is 6.83. The van der Waals surface area contributed by atoms with Gasteiger partial charge in [0, 0.05) is 11.9 Å². The molecule has 1 aromatic carbocycles. The number of hydrazine groups is 1. The average Bonchev–Trinajstić information content (AvgIpc) is 2.41. The fourth-order valence-corrected chi connectivity index (χ4v) is 1.93. The molecule has 2 rings (SSSR count). The summed E-state index contributed by atoms with van der Waals surface area (Å²) in [5, 5.41) is 3.25. The van der Waals surface area contributed by atoms with Crippen molar-refractivity contribution in [2.24, 2.45) is 5.84 Å². The quantitative estimate of drug-likeness (QED) is 0.594. The lowest BCUT2D eigenvalue weighted by Crippen LogP contribution is -2.11. The van der Waals surface area contributed by atoms with E-state index in [1.165, 1.54) is 5.56 Å². The van der Waals surface area contributed by atoms with Crippen LogP contribution in [0, 0.1) is 0 Å². The average molecular weight is 322 g/mol. The highest BCUT2D eigenvalue weighted by molar-refractivity contribution is 9.10. The summed E-state index contributed by atoms with van der Waals surface area (Å²) < 4.78 is 0.779. The number of hydrogen-bond donors (Lipinski definition) is 3. The molecule has 0 fully saturated rings. The van der Waals surface area contributed by atoms with E-state index in [2.05, 4.69) is 62.6 Å². The Labute approximate surface area is 120 Å². The van der Waals surface area contributed by atoms with Crippen LogP contribution >= 0.6 is 15.9 Å². The molecular formula is C13H16BrN5. The molecule has 0 spiro atoms. The summed E-state index contributed by atoms with van der Waals surface area (Å²) in [5.41, 5.74) is 4.68. The molecule has 2 aromatic rings. The molecule has 0 saturated heterocycles. The van der Waals surface area contributed by atoms with Crippen molar-refractivity contribution in [3.8, 4) is 0 Å². The summed E-state index contributed by atoms with van der Waals surface area (Å²) >= 11 is 3.41. The Balaban J connectivity index is 2.28. The minimum absolute atomic E-state index is 0.366. The van der Waals surface area contributed by atoms with Crippen molar-refractivity contribution in [3.05, 3.63) is 40.5 Å². The van der Waals surface area contributed by atoms with Crippen LogP contribution in [0.4, 0.5) is 17.5 Å². The van der Waals surface area contributed by atoms with E-state index in [0.717, 1.165) is 10.2 Å². The van der Waals surface area contributed by atoms with Gasteiger partial charge in [-0.3, -0.25) is 5.43 Å². The monoisotopic (exact) mass is 321 g/mol. The van der Waals surface area contributed by atoms with Gasteiger partial charge in [-0.2, -0.15) is 4.98 Å². The topological polar surface area (TPSA) is 75.9 Å². The van der Waals surface area contributed by atoms with E-state index in [9.17, 15) is 0 Å². The number of anilines is 3. The predicted molar refractivity (Wildman–Crippen MR) is 81.4 cm³/mol. The van der Waals surface area contributed by atoms with Crippen molar-refractivity contribution in [2.45, 2.75) is 19.8 Å². The molecule has 0 amide bonds. The molecule has 1 aromatic heterocycles. The van der Waals surface area contributed by atoms with Gasteiger partial charge in [-0.15, -0.1) is 0 Å². The molecule has 4 N–H and O–H groups in total. The Morgan fingerprint density at radius 1 is 1.32 bits per heavy atom. The molecule has 0 bridgehead atoms. The summed E-state index contributed by atoms with van der Waals surface area (Å²) in [4.78, 5) is 8.27. The van der Waals surface area contributed by atoms with Crippen molar-refractivity contribution < 1.29 is 0 Å². The lowest BCUT2D eigenvalue weighted by Gasteiger charge is -2.11. The van der Waals surface area contributed by atoms with Gasteiger partial charge < -0.3 is 5.32 Å². The van der Waals surface area contributed by atoms with E-state index in [-0.39, 0.29) is 0 Å². The summed E-state index contributed by atoms with van der Waals surface area (Å²) in [6, 6.07) is 8.23. The molecule has 19 heavy (non-hydrogen) atoms. The minimum atomic E-state index is 0.366. The predicted octanol–water partition coefficient (Wildman–Crippen LogP) is 3.39. The summed E-state index contributed by atoms with van der Waals surface area (Å²) in [7, 11) is 0. The van der Waals surface area contributed by atoms with E-state index in [1.807, 2.05) is 12.1 Å². The lowest BCUT2D eigenvalue weighted by molar-refractivity contribution is 0.867. The van der Waals surface area contributed by atoms with E-state index in [4.69, 9.17) is 5.84 Å². The van der Waals surface area contributed by atoms with Crippen LogP contribution in [0.25, 0.3) is 0 Å². The number of rotatable bonds is 4. The van der Waals surface area contributed by atoms with E-state index in [0.29, 0.717) is 17.7 Å². The van der Waals surface area contributed by atoms with Gasteiger partial charge in [0.1, 0.15) is 5.82 Å². The number of hydrogen-bond acceptors (Lipinski definition) is 5. The number of nitrogens with two attached hydrogens (primary N) is 1. The molecule has 6 heteroatoms. The molecule has 0 saturated carbocycles. The molecule has 0 unspecified atom stereocenters. The van der Waals surface area contributed by atoms with Gasteiger partial charge in [0.25, 0.3) is 0 Å². The third-order valence-corrected chi connectivity index (χ3v) is 3.27. The molecule has 100 valence electrons. The second kappa shape index (κ2) is 5.99. The highest BCUT2D eigenvalue weighted by Crippen LogP contribution is 2.25. The zero-order valence-electron chi connectivity index (χ0n) is 10.8. The molecule has 0 aliphatic carbocycles. The minimum Gasteiger partial charge on any atom is -0.339 e. The van der Waals surface area contributed by atoms with Crippen LogP contribution in [0.5, 0.6) is 0 Å². The third-order valence-electron chi connectivity index (χ3n) is 2.69. The molecule has 0 atom stereocenters. The number of benzene rings is 1. The summed E-state index contributed by atoms with van der Waals surface area (Å²) in [6.07, 6.45) is 1.65. The fraction of sp³-hybridized carbons (Fsp3) is 0.231. The second-order valence-corrected chi connectivity index (χ2v) is 5.29. The fourth-order valence-electron chi connectivity index (χ4n) is 1.64. The first kappa shape index (κ1) is 13.8. The van der Waals surface area contributed by atoms with Gasteiger partial charge >= 0.3 is 0 Å². The van der Waals surface area contributed by atoms with Gasteiger partial charge in [-0.25, -0.2) is 10.8 Å². The van der Waals surface area contributed by atoms with Crippen molar-refractivity contribution >= 4 is 33.4 Å². The van der Waals surface area contributed by atoms with Gasteiger partial charge in [0.05, 0.1) is 4.47 Å². The molecule has 0 aliphatic rings. The van der Waals surface area contributed by atoms with Crippen LogP contribution in [0.15, 0.2) is 34.9 Å². The highest BCUT2D eigenvalue weighted by atomic mass is 79.9. The number of nitrogen functional groups attached to an aromatic ring is 1. The number of nitrogens with zero attached hydrogens (tertiary/aromatic N) is 2. The Bertz CT molecular complexity index is 571. The standard InChI is InChI=1S/C13H16BrN5/c1-8(2)9-4-3-5-10(6-9)17-12-11(14)7-16-13(18-12)19-15/h3-8H,15H2,1-2H3,(H2,16,17,18,19). The van der Waals surface area contributed by atoms with Crippen molar-refractivity contribution in [2.75, 3.05) is 10.7 Å². The van der Waals surface area contributed by atoms with Crippen LogP contribution in [0.1, 0.15) is 25.3 Å². The molecule has 0 aliphatic heterocycles. The molecule has 1 heterocycles. The van der Waals surface area contributed by atoms with Gasteiger partial charge in [0.2, 0.25) is 5.95 Å². The van der Waals surface area contributed by atoms with Crippen molar-refractivity contribution in [1.82, 2.24) is 9.97 Å². The van der Waals surface area contributed by atoms with Gasteiger partial charge in [-0.1, -0.05) is 26.0 Å². The highest BCUT2D eigenvalue weighted by Gasteiger charge is 2.06. The maximum Gasteiger partial charge on any atom is 0.239 e. The Morgan fingerprint density at radius 2 is 2.11 bits per heavy atom. The Morgan fingerprint density at radius 3 is 2.79 bits per heavy atom. The van der Waals surface area contributed by atoms with Crippen molar-refractivity contribution in [1.29, 1.82) is 0 Å². The zero-order valence-corrected chi connectivity index (χ0v) is 12.4. The maximum absolute atomic E-state index is 5.31. The largest absolute Gasteiger partial charge is 0.339 e. The third kappa shape index (κ3) is 3.42. The SMILES string of the molecule is CC(C)c1cccc(Nc2nc(NN)ncc2Br)c1. The Hall–Kier alpha value is -1.66. The molecular weight excluding hydrogens is 306 g/mol. The van der Waals surface area contributed by atoms with Crippen LogP contribution in [0.2, 0.25) is 0 Å². The van der Waals surface area contributed by atoms with E-state index < -0.39 is 0 Å². The Kier molecular flexibility index (Phi) is 4.34. The first-order chi connectivity index (χ1) is 9.10. The van der Waals surface area contributed by atoms with E-state index in [1.54, 1.807) is 6.20 Å². The number of aromatic nitrogens is 2. The first-order valence-electron chi connectivity index (χ1n) is 5.96. The molecule has 5 nitrogen and oxygen atoms in total. The second-order valence-electron chi connectivity index (χ2n) is 4.44. The number of nitrogens with one attached hydrogen (secondary N) is 2. The number of halogens is 1. The van der Waals surface area contributed by atoms with Gasteiger partial charge in [0.15, 0.2) is 0 Å². The van der Waals surface area contributed by atoms with Crippen LogP contribution in [-0.2, 0) is 0 Å². The summed E-state index contributed by atoms with van der Waals surface area (Å²) in [6.45, 7) is 4.33. The van der Waals surface area contributed by atoms with Gasteiger partial charge in [-0.05, 0) is 39.5 Å². The van der Waals surface area contributed by atoms with E-state index >= 15 is 0 Å². The van der Waals surface area contributed by atoms with Crippen LogP contribution in [0.3, 0.4) is 0 Å². The maximum atomic E-state index is 5.31. The van der Waals surface area contributed by atoms with Crippen LogP contribution < -0.4 is 16.6 Å². The first-order valence-corrected chi connectivity index (χ1v) is 6.75. The zero-order chi connectivity index (χ0) is 13.8. The lowest BCUT2D eigenvalue weighted by atomic mass is 10.0.